The van der Waals surface area contributed by atoms with Crippen molar-refractivity contribution < 1.29 is 13.5 Å². The van der Waals surface area contributed by atoms with E-state index >= 15 is 0 Å². The maximum Gasteiger partial charge on any atom is 0.238 e. The van der Waals surface area contributed by atoms with E-state index in [1.807, 2.05) is 0 Å². The molecule has 1 aliphatic rings. The van der Waals surface area contributed by atoms with Crippen LogP contribution >= 0.6 is 0 Å². The SMILES string of the molecule is NS(=O)(=O)c1ccc(NC2(CO)CCCC2)cc1. The molecule has 0 aromatic heterocycles. The summed E-state index contributed by atoms with van der Waals surface area (Å²) in [6.07, 6.45) is 4.06. The van der Waals surface area contributed by atoms with Crippen molar-refractivity contribution in [3.63, 3.8) is 0 Å². The van der Waals surface area contributed by atoms with Gasteiger partial charge in [0, 0.05) is 5.69 Å². The number of hydrogen-bond acceptors (Lipinski definition) is 4. The van der Waals surface area contributed by atoms with Crippen LogP contribution in [0.4, 0.5) is 5.69 Å². The first-order valence-corrected chi connectivity index (χ1v) is 7.52. The standard InChI is InChI=1S/C12H18N2O3S/c13-18(16,17)11-5-3-10(4-6-11)14-12(9-15)7-1-2-8-12/h3-6,14-15H,1-2,7-9H2,(H2,13,16,17). The Morgan fingerprint density at radius 1 is 1.22 bits per heavy atom. The molecule has 1 aliphatic carbocycles. The summed E-state index contributed by atoms with van der Waals surface area (Å²) in [7, 11) is -3.64. The number of anilines is 1. The molecule has 5 nitrogen and oxygen atoms in total. The van der Waals surface area contributed by atoms with Crippen LogP contribution in [0.3, 0.4) is 0 Å². The fourth-order valence-electron chi connectivity index (χ4n) is 2.41. The van der Waals surface area contributed by atoms with E-state index in [9.17, 15) is 13.5 Å². The minimum absolute atomic E-state index is 0.0872. The Balaban J connectivity index is 2.15. The van der Waals surface area contributed by atoms with Gasteiger partial charge in [0.15, 0.2) is 0 Å². The average molecular weight is 270 g/mol. The third-order valence-electron chi connectivity index (χ3n) is 3.46. The summed E-state index contributed by atoms with van der Waals surface area (Å²) in [5, 5.41) is 17.8. The van der Waals surface area contributed by atoms with Gasteiger partial charge in [0.25, 0.3) is 0 Å². The predicted molar refractivity (Wildman–Crippen MR) is 69.7 cm³/mol. The summed E-state index contributed by atoms with van der Waals surface area (Å²) >= 11 is 0. The van der Waals surface area contributed by atoms with Gasteiger partial charge in [0.05, 0.1) is 17.0 Å². The Morgan fingerprint density at radius 2 is 1.78 bits per heavy atom. The molecule has 0 saturated heterocycles. The van der Waals surface area contributed by atoms with Crippen LogP contribution in [0.1, 0.15) is 25.7 Å². The molecule has 100 valence electrons. The largest absolute Gasteiger partial charge is 0.394 e. The molecule has 4 N–H and O–H groups in total. The van der Waals surface area contributed by atoms with Gasteiger partial charge in [-0.2, -0.15) is 0 Å². The average Bonchev–Trinajstić information content (AvgIpc) is 2.78. The monoisotopic (exact) mass is 270 g/mol. The highest BCUT2D eigenvalue weighted by Gasteiger charge is 2.32. The third kappa shape index (κ3) is 2.82. The molecule has 6 heteroatoms. The lowest BCUT2D eigenvalue weighted by Gasteiger charge is -2.29. The van der Waals surface area contributed by atoms with Gasteiger partial charge in [0.2, 0.25) is 10.0 Å². The molecular weight excluding hydrogens is 252 g/mol. The molecule has 0 amide bonds. The molecule has 1 saturated carbocycles. The molecule has 0 radical (unpaired) electrons. The number of sulfonamides is 1. The molecular formula is C12H18N2O3S. The van der Waals surface area contributed by atoms with Crippen molar-refractivity contribution >= 4 is 15.7 Å². The Labute approximate surface area is 107 Å². The van der Waals surface area contributed by atoms with Gasteiger partial charge >= 0.3 is 0 Å². The van der Waals surface area contributed by atoms with Crippen molar-refractivity contribution in [1.82, 2.24) is 0 Å². The molecule has 2 rings (SSSR count). The van der Waals surface area contributed by atoms with Crippen molar-refractivity contribution in [3.05, 3.63) is 24.3 Å². The van der Waals surface area contributed by atoms with Crippen LogP contribution in [0.2, 0.25) is 0 Å². The summed E-state index contributed by atoms with van der Waals surface area (Å²) in [6.45, 7) is 0.0872. The number of aliphatic hydroxyl groups excluding tert-OH is 1. The summed E-state index contributed by atoms with van der Waals surface area (Å²) in [6, 6.07) is 6.29. The van der Waals surface area contributed by atoms with Crippen LogP contribution in [0.25, 0.3) is 0 Å². The van der Waals surface area contributed by atoms with Crippen molar-refractivity contribution in [3.8, 4) is 0 Å². The van der Waals surface area contributed by atoms with Crippen LogP contribution in [0.15, 0.2) is 29.2 Å². The number of nitrogens with one attached hydrogen (secondary N) is 1. The van der Waals surface area contributed by atoms with E-state index < -0.39 is 10.0 Å². The van der Waals surface area contributed by atoms with E-state index in [1.54, 1.807) is 12.1 Å². The van der Waals surface area contributed by atoms with Crippen molar-refractivity contribution in [2.75, 3.05) is 11.9 Å². The first kappa shape index (κ1) is 13.3. The molecule has 0 bridgehead atoms. The Hall–Kier alpha value is -1.11. The van der Waals surface area contributed by atoms with E-state index in [0.717, 1.165) is 31.4 Å². The molecule has 0 heterocycles. The van der Waals surface area contributed by atoms with Gasteiger partial charge in [-0.15, -0.1) is 0 Å². The van der Waals surface area contributed by atoms with Crippen LogP contribution in [-0.4, -0.2) is 25.7 Å². The number of nitrogens with two attached hydrogens (primary N) is 1. The predicted octanol–water partition coefficient (Wildman–Crippen LogP) is 1.05. The third-order valence-corrected chi connectivity index (χ3v) is 4.38. The topological polar surface area (TPSA) is 92.4 Å². The molecule has 0 atom stereocenters. The zero-order valence-electron chi connectivity index (χ0n) is 10.1. The molecule has 18 heavy (non-hydrogen) atoms. The van der Waals surface area contributed by atoms with Crippen LogP contribution in [0, 0.1) is 0 Å². The minimum Gasteiger partial charge on any atom is -0.394 e. The summed E-state index contributed by atoms with van der Waals surface area (Å²) in [5.41, 5.74) is 0.543. The van der Waals surface area contributed by atoms with E-state index in [1.165, 1.54) is 12.1 Å². The highest BCUT2D eigenvalue weighted by Crippen LogP contribution is 2.32. The summed E-state index contributed by atoms with van der Waals surface area (Å²) in [5.74, 6) is 0. The molecule has 0 spiro atoms. The first-order valence-electron chi connectivity index (χ1n) is 5.97. The van der Waals surface area contributed by atoms with E-state index in [4.69, 9.17) is 5.14 Å². The summed E-state index contributed by atoms with van der Waals surface area (Å²) < 4.78 is 22.3. The highest BCUT2D eigenvalue weighted by molar-refractivity contribution is 7.89. The van der Waals surface area contributed by atoms with Gasteiger partial charge in [-0.1, -0.05) is 12.8 Å². The molecule has 1 fully saturated rings. The molecule has 0 unspecified atom stereocenters. The fourth-order valence-corrected chi connectivity index (χ4v) is 2.92. The lowest BCUT2D eigenvalue weighted by molar-refractivity contribution is 0.214. The Morgan fingerprint density at radius 3 is 2.22 bits per heavy atom. The number of rotatable bonds is 4. The number of aliphatic hydroxyl groups is 1. The number of benzene rings is 1. The van der Waals surface area contributed by atoms with Crippen LogP contribution in [0.5, 0.6) is 0 Å². The lowest BCUT2D eigenvalue weighted by atomic mass is 9.98. The van der Waals surface area contributed by atoms with Crippen molar-refractivity contribution in [2.45, 2.75) is 36.1 Å². The zero-order valence-corrected chi connectivity index (χ0v) is 10.9. The molecule has 1 aromatic rings. The van der Waals surface area contributed by atoms with Crippen LogP contribution < -0.4 is 10.5 Å². The second kappa shape index (κ2) is 4.87. The second-order valence-electron chi connectivity index (χ2n) is 4.84. The fraction of sp³-hybridized carbons (Fsp3) is 0.500. The van der Waals surface area contributed by atoms with E-state index in [0.29, 0.717) is 0 Å². The van der Waals surface area contributed by atoms with Crippen LogP contribution in [-0.2, 0) is 10.0 Å². The zero-order chi connectivity index (χ0) is 13.2. The molecule has 0 aliphatic heterocycles. The Bertz CT molecular complexity index is 505. The maximum atomic E-state index is 11.1. The molecule has 1 aromatic carbocycles. The minimum atomic E-state index is -3.64. The highest BCUT2D eigenvalue weighted by atomic mass is 32.2. The number of primary sulfonamides is 1. The maximum absolute atomic E-state index is 11.1. The smallest absolute Gasteiger partial charge is 0.238 e. The quantitative estimate of drug-likeness (QED) is 0.762. The van der Waals surface area contributed by atoms with E-state index in [-0.39, 0.29) is 17.0 Å². The van der Waals surface area contributed by atoms with Crippen molar-refractivity contribution in [2.24, 2.45) is 5.14 Å². The first-order chi connectivity index (χ1) is 8.45. The Kier molecular flexibility index (Phi) is 3.61. The van der Waals surface area contributed by atoms with Crippen molar-refractivity contribution in [1.29, 1.82) is 0 Å². The normalized spacial score (nSPS) is 18.8. The van der Waals surface area contributed by atoms with Gasteiger partial charge in [-0.05, 0) is 37.1 Å². The van der Waals surface area contributed by atoms with Gasteiger partial charge in [-0.25, -0.2) is 13.6 Å². The van der Waals surface area contributed by atoms with E-state index in [2.05, 4.69) is 5.32 Å². The van der Waals surface area contributed by atoms with Gasteiger partial charge in [0.1, 0.15) is 0 Å². The lowest BCUT2D eigenvalue weighted by Crippen LogP contribution is -2.38. The second-order valence-corrected chi connectivity index (χ2v) is 6.40. The number of hydrogen-bond donors (Lipinski definition) is 3. The van der Waals surface area contributed by atoms with Gasteiger partial charge in [-0.3, -0.25) is 0 Å². The van der Waals surface area contributed by atoms with Gasteiger partial charge < -0.3 is 10.4 Å². The summed E-state index contributed by atoms with van der Waals surface area (Å²) in [4.78, 5) is 0.0949.